The van der Waals surface area contributed by atoms with E-state index in [1.54, 1.807) is 40.0 Å². The molecule has 1 amide bonds. The van der Waals surface area contributed by atoms with Crippen LogP contribution >= 0.6 is 0 Å². The summed E-state index contributed by atoms with van der Waals surface area (Å²) in [6.45, 7) is 2.30. The number of rotatable bonds is 6. The lowest BCUT2D eigenvalue weighted by Gasteiger charge is -2.16. The van der Waals surface area contributed by atoms with E-state index in [0.717, 1.165) is 6.42 Å². The zero-order valence-corrected chi connectivity index (χ0v) is 13.4. The summed E-state index contributed by atoms with van der Waals surface area (Å²) in [6.07, 6.45) is 3.07. The number of carbonyl (C=O) groups is 1. The first-order valence-electron chi connectivity index (χ1n) is 8.11. The van der Waals surface area contributed by atoms with Crippen molar-refractivity contribution in [2.75, 3.05) is 19.6 Å². The third-order valence-electron chi connectivity index (χ3n) is 4.01. The van der Waals surface area contributed by atoms with Gasteiger partial charge in [0.05, 0.1) is 6.54 Å². The second kappa shape index (κ2) is 7.44. The first kappa shape index (κ1) is 16.4. The van der Waals surface area contributed by atoms with E-state index in [-0.39, 0.29) is 23.6 Å². The van der Waals surface area contributed by atoms with Crippen molar-refractivity contribution in [1.82, 2.24) is 14.7 Å². The summed E-state index contributed by atoms with van der Waals surface area (Å²) in [5.41, 5.74) is 5.89. The predicted octanol–water partition coefficient (Wildman–Crippen LogP) is 1.66. The van der Waals surface area contributed by atoms with Crippen LogP contribution in [0.4, 0.5) is 4.39 Å². The van der Waals surface area contributed by atoms with Crippen LogP contribution in [0.2, 0.25) is 0 Å². The maximum absolute atomic E-state index is 13.6. The van der Waals surface area contributed by atoms with Gasteiger partial charge in [-0.1, -0.05) is 12.1 Å². The van der Waals surface area contributed by atoms with E-state index >= 15 is 0 Å². The number of carbonyl (C=O) groups excluding carboxylic acids is 1. The SMILES string of the molecule is NCCCn1ccc(C(=O)N2CCC(Oc3ccccc3F)C2)n1. The highest BCUT2D eigenvalue weighted by molar-refractivity contribution is 5.92. The quantitative estimate of drug-likeness (QED) is 0.873. The summed E-state index contributed by atoms with van der Waals surface area (Å²) in [5.74, 6) is -0.287. The fourth-order valence-corrected chi connectivity index (χ4v) is 2.74. The molecule has 2 heterocycles. The zero-order chi connectivity index (χ0) is 16.9. The Labute approximate surface area is 140 Å². The summed E-state index contributed by atoms with van der Waals surface area (Å²) in [5, 5.41) is 4.28. The van der Waals surface area contributed by atoms with Crippen LogP contribution in [0.1, 0.15) is 23.3 Å². The van der Waals surface area contributed by atoms with E-state index in [4.69, 9.17) is 10.5 Å². The van der Waals surface area contributed by atoms with Crippen molar-refractivity contribution in [2.24, 2.45) is 5.73 Å². The Morgan fingerprint density at radius 3 is 3.00 bits per heavy atom. The number of aryl methyl sites for hydroxylation is 1. The lowest BCUT2D eigenvalue weighted by molar-refractivity contribution is 0.0764. The van der Waals surface area contributed by atoms with Gasteiger partial charge in [0.1, 0.15) is 11.8 Å². The Balaban J connectivity index is 1.58. The number of likely N-dealkylation sites (tertiary alicyclic amines) is 1. The van der Waals surface area contributed by atoms with E-state index in [2.05, 4.69) is 5.10 Å². The topological polar surface area (TPSA) is 73.4 Å². The molecule has 1 saturated heterocycles. The summed E-state index contributed by atoms with van der Waals surface area (Å²) < 4.78 is 21.0. The van der Waals surface area contributed by atoms with Crippen LogP contribution in [-0.2, 0) is 6.54 Å². The minimum atomic E-state index is -0.388. The smallest absolute Gasteiger partial charge is 0.274 e. The molecule has 128 valence electrons. The molecule has 0 radical (unpaired) electrons. The minimum Gasteiger partial charge on any atom is -0.485 e. The van der Waals surface area contributed by atoms with Gasteiger partial charge in [0.15, 0.2) is 11.6 Å². The Morgan fingerprint density at radius 2 is 2.21 bits per heavy atom. The van der Waals surface area contributed by atoms with Gasteiger partial charge in [0, 0.05) is 25.7 Å². The molecule has 1 aliphatic rings. The maximum atomic E-state index is 13.6. The number of ether oxygens (including phenoxy) is 1. The van der Waals surface area contributed by atoms with Crippen molar-refractivity contribution < 1.29 is 13.9 Å². The molecule has 24 heavy (non-hydrogen) atoms. The highest BCUT2D eigenvalue weighted by Crippen LogP contribution is 2.22. The standard InChI is InChI=1S/C17H21FN4O2/c18-14-4-1-2-5-16(14)24-13-6-10-21(12-13)17(23)15-7-11-22(20-15)9-3-8-19/h1-2,4-5,7,11,13H,3,6,8-10,12,19H2. The Bertz CT molecular complexity index is 703. The molecule has 0 aliphatic carbocycles. The normalized spacial score (nSPS) is 17.2. The molecule has 0 saturated carbocycles. The number of aromatic nitrogens is 2. The second-order valence-corrected chi connectivity index (χ2v) is 5.82. The first-order valence-corrected chi connectivity index (χ1v) is 8.11. The number of para-hydroxylation sites is 1. The lowest BCUT2D eigenvalue weighted by Crippen LogP contribution is -2.31. The van der Waals surface area contributed by atoms with Crippen molar-refractivity contribution >= 4 is 5.91 Å². The Morgan fingerprint density at radius 1 is 1.38 bits per heavy atom. The highest BCUT2D eigenvalue weighted by Gasteiger charge is 2.29. The number of hydrogen-bond acceptors (Lipinski definition) is 4. The van der Waals surface area contributed by atoms with Crippen LogP contribution in [0.15, 0.2) is 36.5 Å². The Hall–Kier alpha value is -2.41. The monoisotopic (exact) mass is 332 g/mol. The number of amides is 1. The van der Waals surface area contributed by atoms with Gasteiger partial charge in [-0.25, -0.2) is 4.39 Å². The summed E-state index contributed by atoms with van der Waals surface area (Å²) >= 11 is 0. The van der Waals surface area contributed by atoms with Crippen molar-refractivity contribution in [1.29, 1.82) is 0 Å². The molecule has 6 nitrogen and oxygen atoms in total. The molecule has 1 aromatic heterocycles. The predicted molar refractivity (Wildman–Crippen MR) is 87.2 cm³/mol. The van der Waals surface area contributed by atoms with Gasteiger partial charge in [-0.3, -0.25) is 9.48 Å². The molecule has 7 heteroatoms. The van der Waals surface area contributed by atoms with E-state index in [9.17, 15) is 9.18 Å². The van der Waals surface area contributed by atoms with Gasteiger partial charge in [0.25, 0.3) is 5.91 Å². The molecule has 1 aliphatic heterocycles. The number of benzene rings is 1. The van der Waals surface area contributed by atoms with Crippen molar-refractivity contribution in [3.63, 3.8) is 0 Å². The van der Waals surface area contributed by atoms with Crippen LogP contribution in [-0.4, -0.2) is 46.3 Å². The van der Waals surface area contributed by atoms with Crippen LogP contribution in [0, 0.1) is 5.82 Å². The highest BCUT2D eigenvalue weighted by atomic mass is 19.1. The van der Waals surface area contributed by atoms with Crippen LogP contribution in [0.5, 0.6) is 5.75 Å². The van der Waals surface area contributed by atoms with Gasteiger partial charge in [-0.05, 0) is 31.2 Å². The first-order chi connectivity index (χ1) is 11.7. The molecular formula is C17H21FN4O2. The molecule has 2 N–H and O–H groups in total. The van der Waals surface area contributed by atoms with Crippen LogP contribution in [0.3, 0.4) is 0 Å². The summed E-state index contributed by atoms with van der Waals surface area (Å²) in [7, 11) is 0. The van der Waals surface area contributed by atoms with Gasteiger partial charge >= 0.3 is 0 Å². The molecule has 1 atom stereocenters. The fourth-order valence-electron chi connectivity index (χ4n) is 2.74. The molecule has 1 fully saturated rings. The lowest BCUT2D eigenvalue weighted by atomic mass is 10.3. The van der Waals surface area contributed by atoms with Crippen LogP contribution in [0.25, 0.3) is 0 Å². The molecule has 1 unspecified atom stereocenters. The van der Waals surface area contributed by atoms with Gasteiger partial charge in [-0.2, -0.15) is 5.10 Å². The maximum Gasteiger partial charge on any atom is 0.274 e. The largest absolute Gasteiger partial charge is 0.485 e. The molecular weight excluding hydrogens is 311 g/mol. The van der Waals surface area contributed by atoms with E-state index in [0.29, 0.717) is 38.3 Å². The zero-order valence-electron chi connectivity index (χ0n) is 13.4. The number of halogens is 1. The van der Waals surface area contributed by atoms with E-state index in [1.807, 2.05) is 0 Å². The fraction of sp³-hybridized carbons (Fsp3) is 0.412. The number of hydrogen-bond donors (Lipinski definition) is 1. The van der Waals surface area contributed by atoms with Gasteiger partial charge in [0.2, 0.25) is 0 Å². The third-order valence-corrected chi connectivity index (χ3v) is 4.01. The van der Waals surface area contributed by atoms with Crippen LogP contribution < -0.4 is 10.5 Å². The van der Waals surface area contributed by atoms with Crippen molar-refractivity contribution in [3.05, 3.63) is 48.0 Å². The molecule has 2 aromatic rings. The van der Waals surface area contributed by atoms with E-state index < -0.39 is 0 Å². The molecule has 1 aromatic carbocycles. The number of nitrogens with zero attached hydrogens (tertiary/aromatic N) is 3. The molecule has 0 spiro atoms. The summed E-state index contributed by atoms with van der Waals surface area (Å²) in [6, 6.07) is 8.02. The van der Waals surface area contributed by atoms with E-state index in [1.165, 1.54) is 6.07 Å². The third kappa shape index (κ3) is 3.73. The second-order valence-electron chi connectivity index (χ2n) is 5.82. The average Bonchev–Trinajstić information content (AvgIpc) is 3.24. The Kier molecular flexibility index (Phi) is 5.10. The molecule has 0 bridgehead atoms. The van der Waals surface area contributed by atoms with Gasteiger partial charge in [-0.15, -0.1) is 0 Å². The molecule has 3 rings (SSSR count). The average molecular weight is 332 g/mol. The number of nitrogens with two attached hydrogens (primary N) is 1. The van der Waals surface area contributed by atoms with Crippen molar-refractivity contribution in [3.8, 4) is 5.75 Å². The van der Waals surface area contributed by atoms with Gasteiger partial charge < -0.3 is 15.4 Å². The van der Waals surface area contributed by atoms with Crippen molar-refractivity contribution in [2.45, 2.75) is 25.5 Å². The summed E-state index contributed by atoms with van der Waals surface area (Å²) in [4.78, 5) is 14.2. The minimum absolute atomic E-state index is 0.124.